The minimum absolute atomic E-state index is 0.122. The molecule has 4 N–H and O–H groups in total. The Kier molecular flexibility index (Phi) is 7.55. The SMILES string of the molecule is CC(C)Oc1ccc(N/C(N)=C(\Cc2ccc(Cl)cc2)c2ccccc2CO)cc1F. The first-order valence-electron chi connectivity index (χ1n) is 10.0. The van der Waals surface area contributed by atoms with Crippen LogP contribution in [-0.4, -0.2) is 11.2 Å². The molecule has 0 radical (unpaired) electrons. The lowest BCUT2D eigenvalue weighted by molar-refractivity contribution is 0.231. The van der Waals surface area contributed by atoms with Crippen molar-refractivity contribution in [3.63, 3.8) is 0 Å². The van der Waals surface area contributed by atoms with Gasteiger partial charge in [-0.15, -0.1) is 0 Å². The van der Waals surface area contributed by atoms with E-state index in [0.29, 0.717) is 23.0 Å². The molecule has 162 valence electrons. The summed E-state index contributed by atoms with van der Waals surface area (Å²) in [5.41, 5.74) is 10.3. The fraction of sp³-hybridized carbons (Fsp3) is 0.200. The molecule has 0 saturated heterocycles. The Morgan fingerprint density at radius 2 is 1.81 bits per heavy atom. The van der Waals surface area contributed by atoms with Crippen LogP contribution >= 0.6 is 11.6 Å². The fourth-order valence-corrected chi connectivity index (χ4v) is 3.38. The van der Waals surface area contributed by atoms with Crippen molar-refractivity contribution >= 4 is 22.9 Å². The number of hydrogen-bond donors (Lipinski definition) is 3. The molecule has 3 aromatic carbocycles. The van der Waals surface area contributed by atoms with Gasteiger partial charge in [-0.2, -0.15) is 0 Å². The first-order chi connectivity index (χ1) is 14.9. The zero-order chi connectivity index (χ0) is 22.4. The molecule has 0 amide bonds. The average Bonchev–Trinajstić information content (AvgIpc) is 2.75. The first kappa shape index (κ1) is 22.7. The predicted molar refractivity (Wildman–Crippen MR) is 124 cm³/mol. The van der Waals surface area contributed by atoms with Gasteiger partial charge in [-0.25, -0.2) is 4.39 Å². The number of anilines is 1. The van der Waals surface area contributed by atoms with Crippen LogP contribution in [0, 0.1) is 5.82 Å². The van der Waals surface area contributed by atoms with Gasteiger partial charge in [-0.05, 0) is 54.8 Å². The molecule has 0 spiro atoms. The second-order valence-corrected chi connectivity index (χ2v) is 7.88. The Bertz CT molecular complexity index is 1070. The highest BCUT2D eigenvalue weighted by Gasteiger charge is 2.14. The minimum atomic E-state index is -0.471. The Balaban J connectivity index is 1.98. The molecular formula is C25H26ClFN2O2. The number of nitrogens with two attached hydrogens (primary N) is 1. The minimum Gasteiger partial charge on any atom is -0.488 e. The van der Waals surface area contributed by atoms with E-state index in [1.165, 1.54) is 6.07 Å². The Hall–Kier alpha value is -3.02. The smallest absolute Gasteiger partial charge is 0.167 e. The average molecular weight is 441 g/mol. The number of rotatable bonds is 8. The summed E-state index contributed by atoms with van der Waals surface area (Å²) in [4.78, 5) is 0. The van der Waals surface area contributed by atoms with Gasteiger partial charge in [0.25, 0.3) is 0 Å². The van der Waals surface area contributed by atoms with Gasteiger partial charge in [0.05, 0.1) is 12.7 Å². The van der Waals surface area contributed by atoms with Gasteiger partial charge in [-0.3, -0.25) is 0 Å². The van der Waals surface area contributed by atoms with E-state index >= 15 is 0 Å². The van der Waals surface area contributed by atoms with Crippen molar-refractivity contribution in [2.75, 3.05) is 5.32 Å². The zero-order valence-corrected chi connectivity index (χ0v) is 18.3. The van der Waals surface area contributed by atoms with Crippen LogP contribution in [0.15, 0.2) is 72.6 Å². The van der Waals surface area contributed by atoms with Crippen molar-refractivity contribution in [3.8, 4) is 5.75 Å². The highest BCUT2D eigenvalue weighted by molar-refractivity contribution is 6.30. The van der Waals surface area contributed by atoms with E-state index in [1.54, 1.807) is 12.1 Å². The third kappa shape index (κ3) is 6.00. The van der Waals surface area contributed by atoms with Gasteiger partial charge >= 0.3 is 0 Å². The van der Waals surface area contributed by atoms with Crippen LogP contribution in [0.3, 0.4) is 0 Å². The number of hydrogen-bond acceptors (Lipinski definition) is 4. The maximum atomic E-state index is 14.4. The zero-order valence-electron chi connectivity index (χ0n) is 17.5. The van der Waals surface area contributed by atoms with Crippen LogP contribution < -0.4 is 15.8 Å². The lowest BCUT2D eigenvalue weighted by Crippen LogP contribution is -2.15. The molecule has 0 aromatic heterocycles. The Morgan fingerprint density at radius 3 is 2.45 bits per heavy atom. The molecule has 0 aliphatic heterocycles. The van der Waals surface area contributed by atoms with E-state index in [1.807, 2.05) is 62.4 Å². The molecule has 0 fully saturated rings. The van der Waals surface area contributed by atoms with Crippen molar-refractivity contribution in [1.82, 2.24) is 0 Å². The number of nitrogens with one attached hydrogen (secondary N) is 1. The van der Waals surface area contributed by atoms with E-state index in [9.17, 15) is 9.50 Å². The van der Waals surface area contributed by atoms with E-state index in [-0.39, 0.29) is 18.5 Å². The van der Waals surface area contributed by atoms with Crippen molar-refractivity contribution in [2.45, 2.75) is 33.0 Å². The van der Waals surface area contributed by atoms with Crippen molar-refractivity contribution in [1.29, 1.82) is 0 Å². The summed E-state index contributed by atoms with van der Waals surface area (Å²) in [6.07, 6.45) is 0.378. The van der Waals surface area contributed by atoms with Crippen molar-refractivity contribution in [3.05, 3.63) is 100 Å². The largest absolute Gasteiger partial charge is 0.488 e. The van der Waals surface area contributed by atoms with Gasteiger partial charge < -0.3 is 20.9 Å². The van der Waals surface area contributed by atoms with E-state index in [4.69, 9.17) is 22.1 Å². The van der Waals surface area contributed by atoms with Gasteiger partial charge in [-0.1, -0.05) is 48.0 Å². The fourth-order valence-electron chi connectivity index (χ4n) is 3.25. The summed E-state index contributed by atoms with van der Waals surface area (Å²) < 4.78 is 19.9. The lowest BCUT2D eigenvalue weighted by atomic mass is 9.94. The molecule has 0 aliphatic carbocycles. The van der Waals surface area contributed by atoms with Crippen molar-refractivity contribution in [2.24, 2.45) is 5.73 Å². The Labute approximate surface area is 187 Å². The van der Waals surface area contributed by atoms with Gasteiger partial charge in [0.15, 0.2) is 11.6 Å². The summed E-state index contributed by atoms with van der Waals surface area (Å²) >= 11 is 6.01. The standard InChI is InChI=1S/C25H26ClFN2O2/c1-16(2)31-24-12-11-20(14-23(24)27)29-25(28)22(13-17-7-9-19(26)10-8-17)21-6-4-3-5-18(21)15-30/h3-12,14,16,29-30H,13,15,28H2,1-2H3/b25-22+. The van der Waals surface area contributed by atoms with Crippen LogP contribution in [0.5, 0.6) is 5.75 Å². The van der Waals surface area contributed by atoms with Gasteiger partial charge in [0.1, 0.15) is 5.82 Å². The van der Waals surface area contributed by atoms with E-state index in [2.05, 4.69) is 5.32 Å². The van der Waals surface area contributed by atoms with Crippen LogP contribution in [0.4, 0.5) is 10.1 Å². The Morgan fingerprint density at radius 1 is 1.10 bits per heavy atom. The molecule has 3 rings (SSSR count). The summed E-state index contributed by atoms with van der Waals surface area (Å²) in [6.45, 7) is 3.56. The quantitative estimate of drug-likeness (QED) is 0.417. The summed E-state index contributed by atoms with van der Waals surface area (Å²) in [6, 6.07) is 19.6. The monoisotopic (exact) mass is 440 g/mol. The molecule has 4 nitrogen and oxygen atoms in total. The highest BCUT2D eigenvalue weighted by Crippen LogP contribution is 2.28. The molecule has 6 heteroatoms. The molecule has 0 saturated carbocycles. The predicted octanol–water partition coefficient (Wildman–Crippen LogP) is 5.74. The third-order valence-corrected chi connectivity index (χ3v) is 4.96. The second-order valence-electron chi connectivity index (χ2n) is 7.45. The van der Waals surface area contributed by atoms with Gasteiger partial charge in [0, 0.05) is 28.8 Å². The molecular weight excluding hydrogens is 415 g/mol. The second kappa shape index (κ2) is 10.3. The normalized spacial score (nSPS) is 11.9. The maximum Gasteiger partial charge on any atom is 0.167 e. The number of aliphatic hydroxyl groups excluding tert-OH is 1. The van der Waals surface area contributed by atoms with Crippen LogP contribution in [0.1, 0.15) is 30.5 Å². The molecule has 0 unspecified atom stereocenters. The summed E-state index contributed by atoms with van der Waals surface area (Å²) in [7, 11) is 0. The van der Waals surface area contributed by atoms with Crippen LogP contribution in [0.25, 0.3) is 5.57 Å². The lowest BCUT2D eigenvalue weighted by Gasteiger charge is -2.18. The number of halogens is 2. The molecule has 0 atom stereocenters. The highest BCUT2D eigenvalue weighted by atomic mass is 35.5. The number of aliphatic hydroxyl groups is 1. The summed E-state index contributed by atoms with van der Waals surface area (Å²) in [5, 5.41) is 13.6. The van der Waals surface area contributed by atoms with Crippen LogP contribution in [-0.2, 0) is 13.0 Å². The van der Waals surface area contributed by atoms with Gasteiger partial charge in [0.2, 0.25) is 0 Å². The number of allylic oxidation sites excluding steroid dienone is 1. The number of ether oxygens (including phenoxy) is 1. The maximum absolute atomic E-state index is 14.4. The third-order valence-electron chi connectivity index (χ3n) is 4.71. The molecule has 3 aromatic rings. The first-order valence-corrected chi connectivity index (χ1v) is 10.4. The van der Waals surface area contributed by atoms with Crippen molar-refractivity contribution < 1.29 is 14.2 Å². The molecule has 0 aliphatic rings. The van der Waals surface area contributed by atoms with E-state index < -0.39 is 5.82 Å². The van der Waals surface area contributed by atoms with Crippen LogP contribution in [0.2, 0.25) is 5.02 Å². The molecule has 0 bridgehead atoms. The topological polar surface area (TPSA) is 67.5 Å². The summed E-state index contributed by atoms with van der Waals surface area (Å²) in [5.74, 6) is 0.0874. The molecule has 31 heavy (non-hydrogen) atoms. The number of benzene rings is 3. The van der Waals surface area contributed by atoms with E-state index in [0.717, 1.165) is 22.3 Å². The molecule has 0 heterocycles.